The number of aromatic nitrogens is 2. The number of fused-ring (bicyclic) bond motifs is 1. The van der Waals surface area contributed by atoms with E-state index in [0.29, 0.717) is 6.54 Å². The summed E-state index contributed by atoms with van der Waals surface area (Å²) in [7, 11) is 2.01. The predicted molar refractivity (Wildman–Crippen MR) is 71.9 cm³/mol. The molecule has 4 heteroatoms. The van der Waals surface area contributed by atoms with Gasteiger partial charge >= 0.3 is 0 Å². The zero-order valence-electron chi connectivity index (χ0n) is 9.55. The molecule has 3 aromatic rings. The van der Waals surface area contributed by atoms with Crippen LogP contribution >= 0.6 is 11.3 Å². The minimum Gasteiger partial charge on any atom is -0.330 e. The molecule has 0 unspecified atom stereocenters. The van der Waals surface area contributed by atoms with E-state index in [4.69, 9.17) is 5.73 Å². The van der Waals surface area contributed by atoms with Gasteiger partial charge in [-0.2, -0.15) is 0 Å². The molecule has 0 bridgehead atoms. The highest BCUT2D eigenvalue weighted by Crippen LogP contribution is 2.33. The van der Waals surface area contributed by atoms with Gasteiger partial charge in [-0.3, -0.25) is 0 Å². The predicted octanol–water partition coefficient (Wildman–Crippen LogP) is 2.76. The zero-order valence-corrected chi connectivity index (χ0v) is 10.4. The van der Waals surface area contributed by atoms with Crippen molar-refractivity contribution in [2.45, 2.75) is 6.54 Å². The molecule has 0 fully saturated rings. The molecule has 0 amide bonds. The van der Waals surface area contributed by atoms with Crippen molar-refractivity contribution in [1.29, 1.82) is 0 Å². The Labute approximate surface area is 104 Å². The maximum Gasteiger partial charge on any atom is 0.122 e. The average molecular weight is 243 g/mol. The topological polar surface area (TPSA) is 43.8 Å². The highest BCUT2D eigenvalue weighted by molar-refractivity contribution is 7.17. The molecule has 0 atom stereocenters. The van der Waals surface area contributed by atoms with E-state index in [1.165, 1.54) is 15.6 Å². The molecule has 2 N–H and O–H groups in total. The van der Waals surface area contributed by atoms with Gasteiger partial charge in [0.25, 0.3) is 0 Å². The van der Waals surface area contributed by atoms with Crippen LogP contribution in [0.4, 0.5) is 0 Å². The summed E-state index contributed by atoms with van der Waals surface area (Å²) in [5.41, 5.74) is 8.01. The highest BCUT2D eigenvalue weighted by atomic mass is 32.1. The van der Waals surface area contributed by atoms with Crippen LogP contribution in [0.2, 0.25) is 0 Å². The minimum atomic E-state index is 0.471. The quantitative estimate of drug-likeness (QED) is 0.752. The Morgan fingerprint density at radius 1 is 1.35 bits per heavy atom. The van der Waals surface area contributed by atoms with Gasteiger partial charge in [0.2, 0.25) is 0 Å². The van der Waals surface area contributed by atoms with Crippen molar-refractivity contribution in [3.05, 3.63) is 41.7 Å². The van der Waals surface area contributed by atoms with Gasteiger partial charge < -0.3 is 10.3 Å². The van der Waals surface area contributed by atoms with E-state index < -0.39 is 0 Å². The Morgan fingerprint density at radius 3 is 2.94 bits per heavy atom. The van der Waals surface area contributed by atoms with Crippen LogP contribution in [0.3, 0.4) is 0 Å². The minimum absolute atomic E-state index is 0.471. The second kappa shape index (κ2) is 3.98. The third kappa shape index (κ3) is 1.57. The molecule has 2 aromatic heterocycles. The fraction of sp³-hybridized carbons (Fsp3) is 0.154. The van der Waals surface area contributed by atoms with E-state index in [1.54, 1.807) is 11.3 Å². The van der Waals surface area contributed by atoms with E-state index in [1.807, 2.05) is 13.2 Å². The Kier molecular flexibility index (Phi) is 2.46. The molecule has 0 aliphatic carbocycles. The third-order valence-electron chi connectivity index (χ3n) is 3.02. The molecule has 0 radical (unpaired) electrons. The molecule has 3 nitrogen and oxygen atoms in total. The highest BCUT2D eigenvalue weighted by Gasteiger charge is 2.11. The van der Waals surface area contributed by atoms with Crippen molar-refractivity contribution < 1.29 is 0 Å². The van der Waals surface area contributed by atoms with Crippen LogP contribution < -0.4 is 5.73 Å². The van der Waals surface area contributed by atoms with Crippen molar-refractivity contribution >= 4 is 21.4 Å². The second-order valence-electron chi connectivity index (χ2n) is 3.97. The van der Waals surface area contributed by atoms with E-state index in [9.17, 15) is 0 Å². The molecule has 1 aromatic carbocycles. The number of benzene rings is 1. The van der Waals surface area contributed by atoms with Crippen LogP contribution in [0, 0.1) is 0 Å². The molecule has 0 aliphatic rings. The van der Waals surface area contributed by atoms with Gasteiger partial charge in [-0.05, 0) is 6.07 Å². The molecule has 86 valence electrons. The fourth-order valence-electron chi connectivity index (χ4n) is 2.06. The van der Waals surface area contributed by atoms with Crippen LogP contribution in [0.25, 0.3) is 21.3 Å². The second-order valence-corrected chi connectivity index (χ2v) is 4.88. The molecule has 0 saturated carbocycles. The summed E-state index contributed by atoms with van der Waals surface area (Å²) in [5.74, 6) is 0.912. The van der Waals surface area contributed by atoms with Crippen LogP contribution in [0.5, 0.6) is 0 Å². The smallest absolute Gasteiger partial charge is 0.122 e. The van der Waals surface area contributed by atoms with E-state index in [-0.39, 0.29) is 0 Å². The summed E-state index contributed by atoms with van der Waals surface area (Å²) in [4.78, 5) is 4.34. The Hall–Kier alpha value is -1.65. The van der Waals surface area contributed by atoms with Gasteiger partial charge in [0, 0.05) is 28.1 Å². The Bertz CT molecular complexity index is 666. The number of thiophene rings is 1. The molecular formula is C13H13N3S. The van der Waals surface area contributed by atoms with E-state index >= 15 is 0 Å². The van der Waals surface area contributed by atoms with Gasteiger partial charge in [0.15, 0.2) is 0 Å². The lowest BCUT2D eigenvalue weighted by molar-refractivity contribution is 0.799. The summed E-state index contributed by atoms with van der Waals surface area (Å²) in [6, 6.07) is 8.43. The summed E-state index contributed by atoms with van der Waals surface area (Å²) >= 11 is 1.76. The average Bonchev–Trinajstić information content (AvgIpc) is 2.92. The van der Waals surface area contributed by atoms with Crippen LogP contribution in [0.15, 0.2) is 35.8 Å². The summed E-state index contributed by atoms with van der Waals surface area (Å²) in [6.07, 6.45) is 1.90. The first kappa shape index (κ1) is 10.5. The Morgan fingerprint density at radius 2 is 2.18 bits per heavy atom. The van der Waals surface area contributed by atoms with Gasteiger partial charge in [-0.1, -0.05) is 18.2 Å². The number of rotatable bonds is 2. The SMILES string of the molecule is Cn1c(-c2csc3ccccc23)cnc1CN. The van der Waals surface area contributed by atoms with E-state index in [0.717, 1.165) is 11.5 Å². The molecule has 0 aliphatic heterocycles. The third-order valence-corrected chi connectivity index (χ3v) is 3.99. The van der Waals surface area contributed by atoms with Crippen LogP contribution in [-0.2, 0) is 13.6 Å². The molecule has 3 rings (SSSR count). The summed E-state index contributed by atoms with van der Waals surface area (Å²) in [5, 5.41) is 3.46. The molecule has 0 saturated heterocycles. The standard InChI is InChI=1S/C13H13N3S/c1-16-11(7-15-13(16)6-14)10-8-17-12-5-3-2-4-9(10)12/h2-5,7-8H,6,14H2,1H3. The number of nitrogens with two attached hydrogens (primary N) is 1. The van der Waals surface area contributed by atoms with Crippen molar-refractivity contribution in [3.63, 3.8) is 0 Å². The first-order valence-corrected chi connectivity index (χ1v) is 6.36. The monoisotopic (exact) mass is 243 g/mol. The largest absolute Gasteiger partial charge is 0.330 e. The van der Waals surface area contributed by atoms with Gasteiger partial charge in [-0.25, -0.2) is 4.98 Å². The van der Waals surface area contributed by atoms with Gasteiger partial charge in [0.05, 0.1) is 18.4 Å². The number of hydrogen-bond acceptors (Lipinski definition) is 3. The lowest BCUT2D eigenvalue weighted by atomic mass is 10.1. The summed E-state index contributed by atoms with van der Waals surface area (Å²) in [6.45, 7) is 0.471. The van der Waals surface area contributed by atoms with Gasteiger partial charge in [0.1, 0.15) is 5.82 Å². The van der Waals surface area contributed by atoms with Gasteiger partial charge in [-0.15, -0.1) is 11.3 Å². The van der Waals surface area contributed by atoms with Crippen molar-refractivity contribution in [3.8, 4) is 11.3 Å². The number of imidazole rings is 1. The number of hydrogen-bond donors (Lipinski definition) is 1. The molecule has 17 heavy (non-hydrogen) atoms. The van der Waals surface area contributed by atoms with Crippen molar-refractivity contribution in [2.75, 3.05) is 0 Å². The molecule has 2 heterocycles. The van der Waals surface area contributed by atoms with Crippen LogP contribution in [0.1, 0.15) is 5.82 Å². The first-order chi connectivity index (χ1) is 8.31. The lowest BCUT2D eigenvalue weighted by Crippen LogP contribution is -2.05. The van der Waals surface area contributed by atoms with E-state index in [2.05, 4.69) is 39.2 Å². The zero-order chi connectivity index (χ0) is 11.8. The fourth-order valence-corrected chi connectivity index (χ4v) is 3.02. The van der Waals surface area contributed by atoms with Crippen molar-refractivity contribution in [2.24, 2.45) is 12.8 Å². The lowest BCUT2D eigenvalue weighted by Gasteiger charge is -2.03. The first-order valence-electron chi connectivity index (χ1n) is 5.48. The number of nitrogens with zero attached hydrogens (tertiary/aromatic N) is 2. The Balaban J connectivity index is 2.24. The maximum atomic E-state index is 5.65. The maximum absolute atomic E-state index is 5.65. The molecule has 0 spiro atoms. The van der Waals surface area contributed by atoms with Crippen LogP contribution in [-0.4, -0.2) is 9.55 Å². The summed E-state index contributed by atoms with van der Waals surface area (Å²) < 4.78 is 3.37. The van der Waals surface area contributed by atoms with Crippen molar-refractivity contribution in [1.82, 2.24) is 9.55 Å². The normalized spacial score (nSPS) is 11.2. The molecular weight excluding hydrogens is 230 g/mol.